The summed E-state index contributed by atoms with van der Waals surface area (Å²) < 4.78 is 13.8. The van der Waals surface area contributed by atoms with Crippen LogP contribution in [0, 0.1) is 0 Å². The number of pyridine rings is 1. The number of aryl methyl sites for hydroxylation is 2. The molecule has 0 aliphatic carbocycles. The number of hydrogen-bond acceptors (Lipinski definition) is 7. The number of carboxylic acid groups (broad SMARTS) is 1. The van der Waals surface area contributed by atoms with Crippen molar-refractivity contribution in [3.05, 3.63) is 53.3 Å². The summed E-state index contributed by atoms with van der Waals surface area (Å²) in [5.74, 6) is 0.222. The van der Waals surface area contributed by atoms with Crippen molar-refractivity contribution in [2.75, 3.05) is 44.8 Å². The minimum Gasteiger partial charge on any atom is -0.480 e. The maximum absolute atomic E-state index is 12.6. The van der Waals surface area contributed by atoms with Gasteiger partial charge < -0.3 is 19.9 Å². The van der Waals surface area contributed by atoms with E-state index in [2.05, 4.69) is 22.5 Å². The monoisotopic (exact) mass is 519 g/mol. The molecule has 0 spiro atoms. The molecule has 2 fully saturated rings. The van der Waals surface area contributed by atoms with E-state index in [0.29, 0.717) is 32.9 Å². The first-order valence-electron chi connectivity index (χ1n) is 14.0. The Morgan fingerprint density at radius 3 is 3.05 bits per heavy atom. The molecule has 0 bridgehead atoms. The fourth-order valence-electron chi connectivity index (χ4n) is 6.12. The number of nitrogens with zero attached hydrogens (tertiary/aromatic N) is 4. The Balaban J connectivity index is 1.05. The maximum atomic E-state index is 12.6. The van der Waals surface area contributed by atoms with E-state index in [1.807, 2.05) is 34.0 Å². The number of anilines is 1. The van der Waals surface area contributed by atoms with Gasteiger partial charge in [0, 0.05) is 49.5 Å². The summed E-state index contributed by atoms with van der Waals surface area (Å²) in [7, 11) is 0. The third-order valence-electron chi connectivity index (χ3n) is 8.10. The summed E-state index contributed by atoms with van der Waals surface area (Å²) in [5, 5.41) is 19.3. The zero-order chi connectivity index (χ0) is 25.9. The first-order chi connectivity index (χ1) is 18.7. The lowest BCUT2D eigenvalue weighted by atomic mass is 10.0. The number of para-hydroxylation sites is 1. The van der Waals surface area contributed by atoms with Crippen molar-refractivity contribution in [2.24, 2.45) is 0 Å². The fraction of sp³-hybridized carbons (Fsp3) is 0.552. The third kappa shape index (κ3) is 5.28. The van der Waals surface area contributed by atoms with Gasteiger partial charge in [0.25, 0.3) is 0 Å². The molecule has 2 N–H and O–H groups in total. The molecule has 2 aromatic heterocycles. The van der Waals surface area contributed by atoms with Crippen molar-refractivity contribution in [1.29, 1.82) is 0 Å². The van der Waals surface area contributed by atoms with Crippen molar-refractivity contribution in [2.45, 2.75) is 63.1 Å². The van der Waals surface area contributed by atoms with Gasteiger partial charge in [-0.2, -0.15) is 5.10 Å². The van der Waals surface area contributed by atoms with Crippen LogP contribution in [0.1, 0.15) is 61.0 Å². The largest absolute Gasteiger partial charge is 0.480 e. The number of aromatic nitrogens is 3. The highest BCUT2D eigenvalue weighted by Crippen LogP contribution is 2.34. The van der Waals surface area contributed by atoms with Gasteiger partial charge in [0.15, 0.2) is 0 Å². The van der Waals surface area contributed by atoms with Gasteiger partial charge in [0.2, 0.25) is 0 Å². The molecule has 3 aliphatic heterocycles. The Morgan fingerprint density at radius 1 is 1.24 bits per heavy atom. The van der Waals surface area contributed by atoms with Gasteiger partial charge in [-0.25, -0.2) is 4.98 Å². The first-order valence-corrected chi connectivity index (χ1v) is 14.0. The molecule has 1 aromatic carbocycles. The summed E-state index contributed by atoms with van der Waals surface area (Å²) in [6.07, 6.45) is 8.84. The summed E-state index contributed by atoms with van der Waals surface area (Å²) in [4.78, 5) is 19.4. The number of carbonyl (C=O) groups is 1. The van der Waals surface area contributed by atoms with Crippen LogP contribution in [0.5, 0.6) is 0 Å². The fourth-order valence-corrected chi connectivity index (χ4v) is 6.12. The van der Waals surface area contributed by atoms with E-state index >= 15 is 0 Å². The molecule has 6 rings (SSSR count). The molecule has 202 valence electrons. The van der Waals surface area contributed by atoms with Gasteiger partial charge in [-0.05, 0) is 56.6 Å². The predicted octanol–water partition coefficient (Wildman–Crippen LogP) is 3.99. The number of rotatable bonds is 10. The van der Waals surface area contributed by atoms with Crippen molar-refractivity contribution in [3.63, 3.8) is 0 Å². The number of carboxylic acids is 1. The Hall–Kier alpha value is -3.01. The van der Waals surface area contributed by atoms with Crippen LogP contribution in [0.15, 0.2) is 36.5 Å². The highest BCUT2D eigenvalue weighted by Gasteiger charge is 2.36. The van der Waals surface area contributed by atoms with E-state index in [1.54, 1.807) is 0 Å². The van der Waals surface area contributed by atoms with Crippen molar-refractivity contribution < 1.29 is 19.4 Å². The second kappa shape index (κ2) is 11.4. The highest BCUT2D eigenvalue weighted by molar-refractivity contribution is 5.88. The van der Waals surface area contributed by atoms with Gasteiger partial charge in [0.1, 0.15) is 11.9 Å². The number of nitrogens with one attached hydrogen (secondary N) is 1. The van der Waals surface area contributed by atoms with Crippen LogP contribution >= 0.6 is 0 Å². The lowest BCUT2D eigenvalue weighted by Crippen LogP contribution is -2.34. The highest BCUT2D eigenvalue weighted by atomic mass is 16.5. The zero-order valence-corrected chi connectivity index (χ0v) is 21.8. The molecule has 0 saturated carbocycles. The second-order valence-corrected chi connectivity index (χ2v) is 10.7. The zero-order valence-electron chi connectivity index (χ0n) is 21.8. The van der Waals surface area contributed by atoms with Gasteiger partial charge in [0.05, 0.1) is 30.5 Å². The van der Waals surface area contributed by atoms with Crippen molar-refractivity contribution in [3.8, 4) is 0 Å². The Labute approximate surface area is 223 Å². The number of ether oxygens (including phenoxy) is 2. The molecule has 9 nitrogen and oxygen atoms in total. The van der Waals surface area contributed by atoms with Crippen LogP contribution < -0.4 is 5.32 Å². The summed E-state index contributed by atoms with van der Waals surface area (Å²) in [5.41, 5.74) is 4.16. The second-order valence-electron chi connectivity index (χ2n) is 10.7. The molecule has 0 radical (unpaired) electrons. The molecular weight excluding hydrogens is 482 g/mol. The van der Waals surface area contributed by atoms with E-state index in [0.717, 1.165) is 73.0 Å². The van der Waals surface area contributed by atoms with Crippen LogP contribution in [0.25, 0.3) is 10.9 Å². The number of aliphatic carboxylic acids is 1. The van der Waals surface area contributed by atoms with Crippen LogP contribution in [0.4, 0.5) is 5.82 Å². The molecule has 3 aliphatic rings. The quantitative estimate of drug-likeness (QED) is 0.388. The lowest BCUT2D eigenvalue weighted by molar-refractivity contribution is -0.143. The summed E-state index contributed by atoms with van der Waals surface area (Å²) in [6.45, 7) is 4.33. The van der Waals surface area contributed by atoms with Gasteiger partial charge in [-0.1, -0.05) is 24.3 Å². The van der Waals surface area contributed by atoms with Crippen LogP contribution in [-0.2, 0) is 27.1 Å². The smallest absolute Gasteiger partial charge is 0.325 e. The van der Waals surface area contributed by atoms with Crippen molar-refractivity contribution >= 4 is 22.7 Å². The number of unbranched alkanes of at least 4 members (excludes halogenated alkanes) is 1. The molecule has 3 aromatic rings. The van der Waals surface area contributed by atoms with Gasteiger partial charge in [-0.15, -0.1) is 0 Å². The summed E-state index contributed by atoms with van der Waals surface area (Å²) in [6, 6.07) is 9.65. The Bertz CT molecular complexity index is 1270. The summed E-state index contributed by atoms with van der Waals surface area (Å²) >= 11 is 0. The molecule has 5 heterocycles. The normalized spacial score (nSPS) is 22.4. The molecule has 3 atom stereocenters. The van der Waals surface area contributed by atoms with E-state index in [1.165, 1.54) is 12.0 Å². The SMILES string of the molecule is O=C(O)C(c1cccc2cnn([C@@H]3CCOC3)c12)N1CC[C@@H](OCCCCc2ccc3c(n2)NCCC3)C1. The van der Waals surface area contributed by atoms with Crippen LogP contribution in [0.2, 0.25) is 0 Å². The number of likely N-dealkylation sites (tertiary alicyclic amines) is 1. The van der Waals surface area contributed by atoms with Crippen LogP contribution in [0.3, 0.4) is 0 Å². The molecular formula is C29H37N5O4. The first kappa shape index (κ1) is 25.3. The Morgan fingerprint density at radius 2 is 2.18 bits per heavy atom. The maximum Gasteiger partial charge on any atom is 0.325 e. The topological polar surface area (TPSA) is 102 Å². The predicted molar refractivity (Wildman–Crippen MR) is 144 cm³/mol. The van der Waals surface area contributed by atoms with E-state index in [4.69, 9.17) is 14.5 Å². The molecule has 2 saturated heterocycles. The van der Waals surface area contributed by atoms with E-state index in [-0.39, 0.29) is 12.1 Å². The third-order valence-corrected chi connectivity index (χ3v) is 8.10. The van der Waals surface area contributed by atoms with E-state index in [9.17, 15) is 9.90 Å². The van der Waals surface area contributed by atoms with Crippen LogP contribution in [-0.4, -0.2) is 76.3 Å². The van der Waals surface area contributed by atoms with Crippen molar-refractivity contribution in [1.82, 2.24) is 19.7 Å². The molecule has 0 amide bonds. The standard InChI is InChI=1S/C29H37N5O4/c35-29(36)27(25-8-3-5-21-17-31-34(26(21)25)23-12-16-37-19-23)33-14-11-24(18-33)38-15-2-1-7-22-10-9-20-6-4-13-30-28(20)32-22/h3,5,8-10,17,23-24,27H,1-2,4,6-7,11-16,18-19H2,(H,30,32)(H,35,36)/t23-,24-,27?/m1/s1. The molecule has 1 unspecified atom stereocenters. The molecule has 38 heavy (non-hydrogen) atoms. The average Bonchev–Trinajstić information content (AvgIpc) is 3.70. The Kier molecular flexibility index (Phi) is 7.58. The number of benzene rings is 1. The number of fused-ring (bicyclic) bond motifs is 2. The van der Waals surface area contributed by atoms with Gasteiger partial charge >= 0.3 is 5.97 Å². The van der Waals surface area contributed by atoms with Gasteiger partial charge in [-0.3, -0.25) is 14.4 Å². The minimum absolute atomic E-state index is 0.0512. The minimum atomic E-state index is -0.833. The molecule has 9 heteroatoms. The number of hydrogen-bond donors (Lipinski definition) is 2. The average molecular weight is 520 g/mol. The lowest BCUT2D eigenvalue weighted by Gasteiger charge is -2.26. The van der Waals surface area contributed by atoms with E-state index < -0.39 is 12.0 Å².